The second-order valence-electron chi connectivity index (χ2n) is 6.38. The molecule has 6 nitrogen and oxygen atoms in total. The van der Waals surface area contributed by atoms with Gasteiger partial charge in [0.25, 0.3) is 0 Å². The van der Waals surface area contributed by atoms with E-state index in [1.54, 1.807) is 12.1 Å². The van der Waals surface area contributed by atoms with Crippen molar-refractivity contribution in [3.63, 3.8) is 0 Å². The molecule has 3 N–H and O–H groups in total. The van der Waals surface area contributed by atoms with Gasteiger partial charge in [0.15, 0.2) is 0 Å². The first kappa shape index (κ1) is 16.1. The summed E-state index contributed by atoms with van der Waals surface area (Å²) in [5, 5.41) is 9.01. The van der Waals surface area contributed by atoms with Crippen molar-refractivity contribution in [2.75, 3.05) is 11.9 Å². The molecule has 0 spiro atoms. The first-order valence-electron chi connectivity index (χ1n) is 8.06. The molecule has 2 saturated carbocycles. The van der Waals surface area contributed by atoms with E-state index in [1.807, 2.05) is 0 Å². The number of anilines is 1. The monoisotopic (exact) mass is 336 g/mol. The van der Waals surface area contributed by atoms with E-state index in [0.717, 1.165) is 12.8 Å². The minimum atomic E-state index is -0.800. The van der Waals surface area contributed by atoms with Crippen molar-refractivity contribution in [3.8, 4) is 0 Å². The van der Waals surface area contributed by atoms with E-state index in [2.05, 4.69) is 20.9 Å². The lowest BCUT2D eigenvalue weighted by atomic mass is 9.96. The maximum atomic E-state index is 12.5. The van der Waals surface area contributed by atoms with Gasteiger partial charge in [-0.15, -0.1) is 0 Å². The Hall–Kier alpha value is -1.82. The van der Waals surface area contributed by atoms with Crippen molar-refractivity contribution in [1.82, 2.24) is 15.6 Å². The molecular formula is C16H21ClN4O2. The van der Waals surface area contributed by atoms with Crippen LogP contribution in [0.3, 0.4) is 0 Å². The maximum absolute atomic E-state index is 12.5. The van der Waals surface area contributed by atoms with Crippen molar-refractivity contribution < 1.29 is 9.59 Å². The minimum Gasteiger partial charge on any atom is -0.354 e. The molecule has 23 heavy (non-hydrogen) atoms. The Bertz CT molecular complexity index is 580. The van der Waals surface area contributed by atoms with Crippen LogP contribution >= 0.6 is 11.6 Å². The summed E-state index contributed by atoms with van der Waals surface area (Å²) in [5.41, 5.74) is -0.800. The Morgan fingerprint density at radius 3 is 2.61 bits per heavy atom. The molecule has 0 radical (unpaired) electrons. The summed E-state index contributed by atoms with van der Waals surface area (Å²) in [4.78, 5) is 28.8. The highest BCUT2D eigenvalue weighted by molar-refractivity contribution is 6.30. The number of amides is 3. The van der Waals surface area contributed by atoms with Gasteiger partial charge in [0.05, 0.1) is 5.02 Å². The fourth-order valence-electron chi connectivity index (χ4n) is 2.93. The predicted molar refractivity (Wildman–Crippen MR) is 88.3 cm³/mol. The van der Waals surface area contributed by atoms with Crippen LogP contribution in [0.2, 0.25) is 5.02 Å². The third-order valence-corrected chi connectivity index (χ3v) is 4.69. The van der Waals surface area contributed by atoms with E-state index in [9.17, 15) is 9.59 Å². The summed E-state index contributed by atoms with van der Waals surface area (Å²) in [7, 11) is 0. The van der Waals surface area contributed by atoms with Gasteiger partial charge in [-0.05, 0) is 43.7 Å². The van der Waals surface area contributed by atoms with Gasteiger partial charge >= 0.3 is 6.03 Å². The summed E-state index contributed by atoms with van der Waals surface area (Å²) in [6.07, 6.45) is 7.06. The zero-order valence-electron chi connectivity index (χ0n) is 12.9. The van der Waals surface area contributed by atoms with Crippen molar-refractivity contribution in [2.45, 2.75) is 44.1 Å². The van der Waals surface area contributed by atoms with Crippen LogP contribution in [0.25, 0.3) is 0 Å². The van der Waals surface area contributed by atoms with Crippen molar-refractivity contribution in [1.29, 1.82) is 0 Å². The molecule has 1 aromatic rings. The number of pyridine rings is 1. The van der Waals surface area contributed by atoms with Crippen molar-refractivity contribution >= 4 is 29.4 Å². The molecular weight excluding hydrogens is 316 g/mol. The number of nitrogens with zero attached hydrogens (tertiary/aromatic N) is 1. The molecule has 1 heterocycles. The van der Waals surface area contributed by atoms with Crippen molar-refractivity contribution in [3.05, 3.63) is 23.4 Å². The van der Waals surface area contributed by atoms with Gasteiger partial charge in [0.2, 0.25) is 5.91 Å². The van der Waals surface area contributed by atoms with E-state index in [1.165, 1.54) is 19.0 Å². The first-order chi connectivity index (χ1) is 11.1. The SMILES string of the molecule is O=C(Nc1ccc(Cl)cn1)NC1(C(=O)NCC2CC2)CCCC1. The number of carbonyl (C=O) groups excluding carboxylic acids is 2. The highest BCUT2D eigenvalue weighted by Gasteiger charge is 2.42. The number of urea groups is 1. The van der Waals surface area contributed by atoms with Crippen LogP contribution in [0, 0.1) is 5.92 Å². The van der Waals surface area contributed by atoms with Crippen LogP contribution in [-0.2, 0) is 4.79 Å². The van der Waals surface area contributed by atoms with E-state index >= 15 is 0 Å². The third kappa shape index (κ3) is 4.13. The van der Waals surface area contributed by atoms with Gasteiger partial charge in [0, 0.05) is 12.7 Å². The van der Waals surface area contributed by atoms with Crippen LogP contribution < -0.4 is 16.0 Å². The van der Waals surface area contributed by atoms with Crippen LogP contribution in [0.4, 0.5) is 10.6 Å². The second-order valence-corrected chi connectivity index (χ2v) is 6.82. The maximum Gasteiger partial charge on any atom is 0.321 e. The Labute approximate surface area is 140 Å². The molecule has 7 heteroatoms. The van der Waals surface area contributed by atoms with E-state index < -0.39 is 11.6 Å². The Kier molecular flexibility index (Phi) is 4.71. The smallest absolute Gasteiger partial charge is 0.321 e. The summed E-state index contributed by atoms with van der Waals surface area (Å²) >= 11 is 5.77. The van der Waals surface area contributed by atoms with Gasteiger partial charge in [0.1, 0.15) is 11.4 Å². The average molecular weight is 337 g/mol. The summed E-state index contributed by atoms with van der Waals surface area (Å²) in [5.74, 6) is 0.948. The Morgan fingerprint density at radius 1 is 1.26 bits per heavy atom. The molecule has 2 fully saturated rings. The molecule has 0 unspecified atom stereocenters. The number of nitrogens with one attached hydrogen (secondary N) is 3. The second kappa shape index (κ2) is 6.74. The Balaban J connectivity index is 1.60. The first-order valence-corrected chi connectivity index (χ1v) is 8.44. The van der Waals surface area contributed by atoms with Crippen LogP contribution in [0.1, 0.15) is 38.5 Å². The third-order valence-electron chi connectivity index (χ3n) is 4.46. The lowest BCUT2D eigenvalue weighted by Crippen LogP contribution is -2.58. The van der Waals surface area contributed by atoms with Crippen LogP contribution in [0.15, 0.2) is 18.3 Å². The van der Waals surface area contributed by atoms with Crippen LogP contribution in [-0.4, -0.2) is 29.0 Å². The number of aromatic nitrogens is 1. The number of hydrogen-bond donors (Lipinski definition) is 3. The highest BCUT2D eigenvalue weighted by atomic mass is 35.5. The largest absolute Gasteiger partial charge is 0.354 e. The number of rotatable bonds is 5. The minimum absolute atomic E-state index is 0.0684. The molecule has 3 amide bonds. The van der Waals surface area contributed by atoms with Gasteiger partial charge in [-0.2, -0.15) is 0 Å². The molecule has 0 aromatic carbocycles. The predicted octanol–water partition coefficient (Wildman–Crippen LogP) is 2.70. The molecule has 2 aliphatic carbocycles. The zero-order valence-corrected chi connectivity index (χ0v) is 13.7. The number of carbonyl (C=O) groups is 2. The lowest BCUT2D eigenvalue weighted by molar-refractivity contribution is -0.127. The molecule has 0 aliphatic heterocycles. The van der Waals surface area contributed by atoms with Gasteiger partial charge < -0.3 is 10.6 Å². The average Bonchev–Trinajstić information content (AvgIpc) is 3.25. The molecule has 124 valence electrons. The molecule has 0 saturated heterocycles. The van der Waals surface area contributed by atoms with E-state index in [4.69, 9.17) is 11.6 Å². The Morgan fingerprint density at radius 2 is 2.00 bits per heavy atom. The molecule has 2 aliphatic rings. The van der Waals surface area contributed by atoms with Crippen LogP contribution in [0.5, 0.6) is 0 Å². The number of hydrogen-bond acceptors (Lipinski definition) is 3. The molecule has 3 rings (SSSR count). The fourth-order valence-corrected chi connectivity index (χ4v) is 3.04. The lowest BCUT2D eigenvalue weighted by Gasteiger charge is -2.29. The normalized spacial score (nSPS) is 19.2. The summed E-state index contributed by atoms with van der Waals surface area (Å²) in [6, 6.07) is 2.86. The van der Waals surface area contributed by atoms with Gasteiger partial charge in [-0.1, -0.05) is 24.4 Å². The summed E-state index contributed by atoms with van der Waals surface area (Å²) in [6.45, 7) is 0.711. The summed E-state index contributed by atoms with van der Waals surface area (Å²) < 4.78 is 0. The highest BCUT2D eigenvalue weighted by Crippen LogP contribution is 2.31. The topological polar surface area (TPSA) is 83.1 Å². The standard InChI is InChI=1S/C16H21ClN4O2/c17-12-5-6-13(18-10-12)20-15(23)21-16(7-1-2-8-16)14(22)19-9-11-3-4-11/h5-6,10-11H,1-4,7-9H2,(H,19,22)(H2,18,20,21,23). The van der Waals surface area contributed by atoms with E-state index in [0.29, 0.717) is 36.1 Å². The quantitative estimate of drug-likeness (QED) is 0.773. The van der Waals surface area contributed by atoms with E-state index in [-0.39, 0.29) is 5.91 Å². The van der Waals surface area contributed by atoms with Gasteiger partial charge in [-0.25, -0.2) is 9.78 Å². The molecule has 1 aromatic heterocycles. The van der Waals surface area contributed by atoms with Crippen molar-refractivity contribution in [2.24, 2.45) is 5.92 Å². The van der Waals surface area contributed by atoms with Gasteiger partial charge in [-0.3, -0.25) is 10.1 Å². The molecule has 0 bridgehead atoms. The fraction of sp³-hybridized carbons (Fsp3) is 0.562. The zero-order chi connectivity index (χ0) is 16.3. The molecule has 0 atom stereocenters. The number of halogens is 1.